The van der Waals surface area contributed by atoms with E-state index in [1.807, 2.05) is 17.6 Å². The van der Waals surface area contributed by atoms with E-state index in [-0.39, 0.29) is 0 Å². The lowest BCUT2D eigenvalue weighted by atomic mass is 10.1. The Morgan fingerprint density at radius 3 is 2.73 bits per heavy atom. The summed E-state index contributed by atoms with van der Waals surface area (Å²) >= 11 is 3.35. The number of hydrogen-bond acceptors (Lipinski definition) is 7. The number of fused-ring (bicyclic) bond motifs is 1. The summed E-state index contributed by atoms with van der Waals surface area (Å²) in [4.78, 5) is 16.1. The van der Waals surface area contributed by atoms with Crippen LogP contribution in [0.2, 0.25) is 0 Å². The highest BCUT2D eigenvalue weighted by molar-refractivity contribution is 7.18. The standard InChI is InChI=1S/C23H20N4OS2/c1-15-13-19-21(26-20(27-23(19)30-15)18-8-11-28-14-18)24-9-2-3-16-4-6-17(7-5-16)22-25-10-12-29-22/h4-8,10-14H,2-3,9H2,1H3,(H,24,26,27). The van der Waals surface area contributed by atoms with Gasteiger partial charge in [-0.2, -0.15) is 0 Å². The summed E-state index contributed by atoms with van der Waals surface area (Å²) in [5.74, 6) is 1.58. The molecule has 0 unspecified atom stereocenters. The number of thiazole rings is 1. The SMILES string of the molecule is Cc1cc2c(NCCCc3ccc(-c4nccs4)cc3)nc(-c3ccoc3)nc2s1. The van der Waals surface area contributed by atoms with Crippen LogP contribution in [0.15, 0.2) is 64.9 Å². The molecule has 1 aromatic carbocycles. The normalized spacial score (nSPS) is 11.2. The average Bonchev–Trinajstić information content (AvgIpc) is 3.52. The van der Waals surface area contributed by atoms with Crippen LogP contribution in [-0.2, 0) is 6.42 Å². The van der Waals surface area contributed by atoms with Gasteiger partial charge in [-0.25, -0.2) is 15.0 Å². The van der Waals surface area contributed by atoms with Gasteiger partial charge in [-0.1, -0.05) is 24.3 Å². The zero-order valence-corrected chi connectivity index (χ0v) is 18.1. The van der Waals surface area contributed by atoms with Crippen LogP contribution in [-0.4, -0.2) is 21.5 Å². The first kappa shape index (κ1) is 19.0. The fourth-order valence-electron chi connectivity index (χ4n) is 3.38. The first-order valence-electron chi connectivity index (χ1n) is 9.80. The van der Waals surface area contributed by atoms with Gasteiger partial charge in [0.1, 0.15) is 21.9 Å². The molecular weight excluding hydrogens is 412 g/mol. The van der Waals surface area contributed by atoms with E-state index in [2.05, 4.69) is 47.6 Å². The van der Waals surface area contributed by atoms with Crippen LogP contribution in [0.4, 0.5) is 5.82 Å². The molecule has 0 spiro atoms. The average molecular weight is 433 g/mol. The molecule has 5 nitrogen and oxygen atoms in total. The largest absolute Gasteiger partial charge is 0.472 e. The lowest BCUT2D eigenvalue weighted by Gasteiger charge is -2.09. The Hall–Kier alpha value is -3.03. The third-order valence-corrected chi connectivity index (χ3v) is 6.63. The van der Waals surface area contributed by atoms with Crippen molar-refractivity contribution >= 4 is 38.7 Å². The first-order valence-corrected chi connectivity index (χ1v) is 11.5. The number of furan rings is 1. The van der Waals surface area contributed by atoms with Gasteiger partial charge in [0.2, 0.25) is 0 Å². The summed E-state index contributed by atoms with van der Waals surface area (Å²) in [5.41, 5.74) is 3.40. The van der Waals surface area contributed by atoms with E-state index in [9.17, 15) is 0 Å². The Balaban J connectivity index is 1.26. The van der Waals surface area contributed by atoms with Crippen molar-refractivity contribution in [1.29, 1.82) is 0 Å². The van der Waals surface area contributed by atoms with Gasteiger partial charge in [0.15, 0.2) is 5.82 Å². The van der Waals surface area contributed by atoms with Gasteiger partial charge >= 0.3 is 0 Å². The maximum atomic E-state index is 5.21. The highest BCUT2D eigenvalue weighted by Crippen LogP contribution is 2.31. The molecule has 5 aromatic rings. The summed E-state index contributed by atoms with van der Waals surface area (Å²) in [7, 11) is 0. The van der Waals surface area contributed by atoms with Gasteiger partial charge in [-0.15, -0.1) is 22.7 Å². The maximum Gasteiger partial charge on any atom is 0.166 e. The predicted octanol–water partition coefficient (Wildman–Crippen LogP) is 6.43. The zero-order chi connectivity index (χ0) is 20.3. The lowest BCUT2D eigenvalue weighted by Crippen LogP contribution is -2.06. The molecule has 0 atom stereocenters. The number of nitrogens with zero attached hydrogens (tertiary/aromatic N) is 3. The zero-order valence-electron chi connectivity index (χ0n) is 16.5. The van der Waals surface area contributed by atoms with Crippen LogP contribution in [0.25, 0.3) is 32.2 Å². The molecule has 0 bridgehead atoms. The summed E-state index contributed by atoms with van der Waals surface area (Å²) in [5, 5.41) is 7.68. The number of thiophene rings is 1. The monoisotopic (exact) mass is 432 g/mol. The van der Waals surface area contributed by atoms with Crippen molar-refractivity contribution in [2.24, 2.45) is 0 Å². The Morgan fingerprint density at radius 2 is 1.97 bits per heavy atom. The number of benzene rings is 1. The number of aryl methyl sites for hydroxylation is 2. The molecule has 4 heterocycles. The van der Waals surface area contributed by atoms with E-state index in [0.717, 1.165) is 46.0 Å². The summed E-state index contributed by atoms with van der Waals surface area (Å²) in [6.07, 6.45) is 7.20. The van der Waals surface area contributed by atoms with Crippen molar-refractivity contribution in [2.75, 3.05) is 11.9 Å². The first-order chi connectivity index (χ1) is 14.8. The third kappa shape index (κ3) is 3.99. The molecule has 0 amide bonds. The van der Waals surface area contributed by atoms with Crippen molar-refractivity contribution in [3.63, 3.8) is 0 Å². The second-order valence-corrected chi connectivity index (χ2v) is 9.18. The fourth-order valence-corrected chi connectivity index (χ4v) is 4.90. The number of anilines is 1. The number of nitrogens with one attached hydrogen (secondary N) is 1. The third-order valence-electron chi connectivity index (χ3n) is 4.86. The van der Waals surface area contributed by atoms with Crippen LogP contribution in [0.1, 0.15) is 16.9 Å². The number of rotatable bonds is 7. The molecule has 5 rings (SSSR count). The summed E-state index contributed by atoms with van der Waals surface area (Å²) in [6.45, 7) is 2.95. The minimum absolute atomic E-state index is 0.693. The Bertz CT molecular complexity index is 1240. The van der Waals surface area contributed by atoms with Crippen LogP contribution < -0.4 is 5.32 Å². The highest BCUT2D eigenvalue weighted by atomic mass is 32.1. The summed E-state index contributed by atoms with van der Waals surface area (Å²) < 4.78 is 5.21. The molecular formula is C23H20N4OS2. The second kappa shape index (κ2) is 8.38. The molecule has 0 aliphatic heterocycles. The Morgan fingerprint density at radius 1 is 1.07 bits per heavy atom. The van der Waals surface area contributed by atoms with E-state index < -0.39 is 0 Å². The quantitative estimate of drug-likeness (QED) is 0.300. The van der Waals surface area contributed by atoms with Crippen molar-refractivity contribution in [1.82, 2.24) is 15.0 Å². The van der Waals surface area contributed by atoms with Gasteiger partial charge in [-0.3, -0.25) is 0 Å². The van der Waals surface area contributed by atoms with E-state index >= 15 is 0 Å². The van der Waals surface area contributed by atoms with Crippen LogP contribution in [0, 0.1) is 6.92 Å². The van der Waals surface area contributed by atoms with Gasteiger partial charge < -0.3 is 9.73 Å². The van der Waals surface area contributed by atoms with Crippen molar-refractivity contribution in [3.05, 3.63) is 70.9 Å². The van der Waals surface area contributed by atoms with E-state index in [1.165, 1.54) is 16.0 Å². The molecule has 0 aliphatic rings. The highest BCUT2D eigenvalue weighted by Gasteiger charge is 2.12. The molecule has 0 fully saturated rings. The molecule has 150 valence electrons. The molecule has 0 saturated heterocycles. The molecule has 30 heavy (non-hydrogen) atoms. The summed E-state index contributed by atoms with van der Waals surface area (Å²) in [6, 6.07) is 12.7. The molecule has 0 saturated carbocycles. The predicted molar refractivity (Wildman–Crippen MR) is 124 cm³/mol. The van der Waals surface area contributed by atoms with Crippen molar-refractivity contribution < 1.29 is 4.42 Å². The lowest BCUT2D eigenvalue weighted by molar-refractivity contribution is 0.568. The van der Waals surface area contributed by atoms with Gasteiger partial charge in [-0.05, 0) is 37.5 Å². The molecule has 0 aliphatic carbocycles. The molecule has 7 heteroatoms. The molecule has 4 aromatic heterocycles. The maximum absolute atomic E-state index is 5.21. The number of hydrogen-bond donors (Lipinski definition) is 1. The minimum atomic E-state index is 0.693. The van der Waals surface area contributed by atoms with E-state index in [4.69, 9.17) is 14.4 Å². The van der Waals surface area contributed by atoms with Gasteiger partial charge in [0.05, 0.1) is 17.2 Å². The smallest absolute Gasteiger partial charge is 0.166 e. The second-order valence-electron chi connectivity index (χ2n) is 7.05. The topological polar surface area (TPSA) is 63.8 Å². The van der Waals surface area contributed by atoms with Crippen LogP contribution >= 0.6 is 22.7 Å². The Labute approximate surface area is 182 Å². The van der Waals surface area contributed by atoms with Gasteiger partial charge in [0, 0.05) is 28.6 Å². The molecule has 0 radical (unpaired) electrons. The van der Waals surface area contributed by atoms with Crippen LogP contribution in [0.3, 0.4) is 0 Å². The van der Waals surface area contributed by atoms with Crippen molar-refractivity contribution in [3.8, 4) is 22.0 Å². The number of aromatic nitrogens is 3. The van der Waals surface area contributed by atoms with Gasteiger partial charge in [0.25, 0.3) is 0 Å². The fraction of sp³-hybridized carbons (Fsp3) is 0.174. The minimum Gasteiger partial charge on any atom is -0.472 e. The van der Waals surface area contributed by atoms with E-state index in [1.54, 1.807) is 35.2 Å². The van der Waals surface area contributed by atoms with Crippen molar-refractivity contribution in [2.45, 2.75) is 19.8 Å². The molecule has 1 N–H and O–H groups in total. The van der Waals surface area contributed by atoms with E-state index in [0.29, 0.717) is 5.82 Å². The van der Waals surface area contributed by atoms with Crippen LogP contribution in [0.5, 0.6) is 0 Å². The Kier molecular flexibility index (Phi) is 5.29.